The first-order valence-electron chi connectivity index (χ1n) is 7.23. The number of nitrogens with one attached hydrogen (secondary N) is 1. The van der Waals surface area contributed by atoms with E-state index in [0.717, 1.165) is 5.56 Å². The molecular weight excluding hydrogens is 268 g/mol. The third kappa shape index (κ3) is 5.19. The maximum absolute atomic E-state index is 12.2. The molecule has 0 aromatic heterocycles. The first-order valence-corrected chi connectivity index (χ1v) is 7.23. The van der Waals surface area contributed by atoms with E-state index < -0.39 is 11.9 Å². The molecule has 116 valence electrons. The van der Waals surface area contributed by atoms with E-state index in [1.165, 1.54) is 0 Å². The zero-order valence-electron chi connectivity index (χ0n) is 13.1. The summed E-state index contributed by atoms with van der Waals surface area (Å²) in [5, 5.41) is 12.9. The Kier molecular flexibility index (Phi) is 6.37. The van der Waals surface area contributed by atoms with Crippen LogP contribution in [0.2, 0.25) is 0 Å². The van der Waals surface area contributed by atoms with Gasteiger partial charge in [-0.1, -0.05) is 31.5 Å². The second kappa shape index (κ2) is 7.78. The summed E-state index contributed by atoms with van der Waals surface area (Å²) in [7, 11) is 0. The van der Waals surface area contributed by atoms with Crippen molar-refractivity contribution in [3.05, 3.63) is 35.4 Å². The zero-order valence-corrected chi connectivity index (χ0v) is 13.1. The average Bonchev–Trinajstić information content (AvgIpc) is 2.44. The van der Waals surface area contributed by atoms with Crippen molar-refractivity contribution in [3.8, 4) is 0 Å². The molecule has 0 spiro atoms. The van der Waals surface area contributed by atoms with Crippen molar-refractivity contribution in [2.75, 3.05) is 6.54 Å². The molecule has 1 unspecified atom stereocenters. The maximum atomic E-state index is 12.2. The summed E-state index contributed by atoms with van der Waals surface area (Å²) >= 11 is 0. The van der Waals surface area contributed by atoms with Crippen molar-refractivity contribution in [2.24, 2.45) is 5.92 Å². The van der Waals surface area contributed by atoms with Crippen LogP contribution in [0.1, 0.15) is 43.1 Å². The highest BCUT2D eigenvalue weighted by Crippen LogP contribution is 2.10. The molecule has 21 heavy (non-hydrogen) atoms. The largest absolute Gasteiger partial charge is 0.340 e. The number of rotatable bonds is 6. The lowest BCUT2D eigenvalue weighted by Crippen LogP contribution is -2.48. The fraction of sp³-hybridized carbons (Fsp3) is 0.500. The molecule has 2 N–H and O–H groups in total. The van der Waals surface area contributed by atoms with Gasteiger partial charge in [-0.2, -0.15) is 0 Å². The van der Waals surface area contributed by atoms with Crippen LogP contribution in [0.15, 0.2) is 24.3 Å². The van der Waals surface area contributed by atoms with E-state index in [1.54, 1.807) is 25.1 Å². The zero-order chi connectivity index (χ0) is 16.0. The molecule has 5 heteroatoms. The van der Waals surface area contributed by atoms with Crippen LogP contribution in [0.4, 0.5) is 0 Å². The summed E-state index contributed by atoms with van der Waals surface area (Å²) in [6, 6.07) is 6.45. The number of carbonyl (C=O) groups is 2. The Morgan fingerprint density at radius 1 is 1.33 bits per heavy atom. The van der Waals surface area contributed by atoms with E-state index in [0.29, 0.717) is 17.0 Å². The van der Waals surface area contributed by atoms with Crippen molar-refractivity contribution in [1.29, 1.82) is 0 Å². The Hall–Kier alpha value is -1.88. The second-order valence-electron chi connectivity index (χ2n) is 5.58. The number of carbonyl (C=O) groups excluding carboxylic acids is 2. The quantitative estimate of drug-likeness (QED) is 0.625. The van der Waals surface area contributed by atoms with Crippen molar-refractivity contribution in [1.82, 2.24) is 10.4 Å². The highest BCUT2D eigenvalue weighted by atomic mass is 16.5. The first kappa shape index (κ1) is 17.2. The topological polar surface area (TPSA) is 69.6 Å². The van der Waals surface area contributed by atoms with Crippen LogP contribution in [0.25, 0.3) is 0 Å². The van der Waals surface area contributed by atoms with Gasteiger partial charge >= 0.3 is 0 Å². The fourth-order valence-corrected chi connectivity index (χ4v) is 2.06. The van der Waals surface area contributed by atoms with Gasteiger partial charge < -0.3 is 5.32 Å². The van der Waals surface area contributed by atoms with E-state index in [-0.39, 0.29) is 18.4 Å². The summed E-state index contributed by atoms with van der Waals surface area (Å²) < 4.78 is 0. The molecule has 1 atom stereocenters. The Morgan fingerprint density at radius 2 is 2.00 bits per heavy atom. The first-order chi connectivity index (χ1) is 9.85. The van der Waals surface area contributed by atoms with E-state index in [9.17, 15) is 14.8 Å². The van der Waals surface area contributed by atoms with Gasteiger partial charge in [-0.05, 0) is 38.3 Å². The van der Waals surface area contributed by atoms with Crippen LogP contribution in [-0.2, 0) is 4.79 Å². The van der Waals surface area contributed by atoms with Crippen LogP contribution in [0.5, 0.6) is 0 Å². The molecular formula is C16H24N2O3. The van der Waals surface area contributed by atoms with Gasteiger partial charge in [0.25, 0.3) is 11.8 Å². The molecule has 1 rings (SSSR count). The van der Waals surface area contributed by atoms with Crippen LogP contribution in [-0.4, -0.2) is 34.7 Å². The number of hydrogen-bond acceptors (Lipinski definition) is 3. The number of aryl methyl sites for hydroxylation is 1. The minimum atomic E-state index is -0.719. The molecule has 0 saturated heterocycles. The molecule has 0 saturated carbocycles. The van der Waals surface area contributed by atoms with Crippen molar-refractivity contribution >= 4 is 11.8 Å². The molecule has 0 aliphatic rings. The monoisotopic (exact) mass is 292 g/mol. The van der Waals surface area contributed by atoms with Gasteiger partial charge in [-0.25, -0.2) is 5.06 Å². The van der Waals surface area contributed by atoms with Gasteiger partial charge in [0.2, 0.25) is 0 Å². The molecule has 0 bridgehead atoms. The summed E-state index contributed by atoms with van der Waals surface area (Å²) in [6.07, 6.45) is 0.480. The molecule has 0 aliphatic heterocycles. The van der Waals surface area contributed by atoms with E-state index in [1.807, 2.05) is 26.8 Å². The second-order valence-corrected chi connectivity index (χ2v) is 5.58. The third-order valence-corrected chi connectivity index (χ3v) is 3.14. The van der Waals surface area contributed by atoms with Crippen LogP contribution in [0, 0.1) is 12.8 Å². The number of benzene rings is 1. The number of hydrogen-bond donors (Lipinski definition) is 2. The highest BCUT2D eigenvalue weighted by molar-refractivity contribution is 5.97. The third-order valence-electron chi connectivity index (χ3n) is 3.14. The predicted octanol–water partition coefficient (Wildman–Crippen LogP) is 2.38. The summed E-state index contributed by atoms with van der Waals surface area (Å²) in [5.74, 6) is -0.559. The smallest absolute Gasteiger partial charge is 0.268 e. The molecule has 0 heterocycles. The lowest BCUT2D eigenvalue weighted by Gasteiger charge is -2.23. The molecule has 1 aromatic carbocycles. The van der Waals surface area contributed by atoms with Gasteiger partial charge in [-0.15, -0.1) is 0 Å². The lowest BCUT2D eigenvalue weighted by molar-refractivity contribution is -0.166. The Balaban J connectivity index is 2.85. The molecule has 0 radical (unpaired) electrons. The normalized spacial score (nSPS) is 12.1. The minimum Gasteiger partial charge on any atom is -0.340 e. The highest BCUT2D eigenvalue weighted by Gasteiger charge is 2.25. The van der Waals surface area contributed by atoms with Crippen molar-refractivity contribution < 1.29 is 14.8 Å². The Bertz CT molecular complexity index is 500. The van der Waals surface area contributed by atoms with Gasteiger partial charge in [0, 0.05) is 12.1 Å². The molecule has 5 nitrogen and oxygen atoms in total. The molecule has 1 aromatic rings. The average molecular weight is 292 g/mol. The summed E-state index contributed by atoms with van der Waals surface area (Å²) in [5.41, 5.74) is 1.49. The van der Waals surface area contributed by atoms with Crippen molar-refractivity contribution in [2.45, 2.75) is 40.2 Å². The fourth-order valence-electron chi connectivity index (χ4n) is 2.06. The maximum Gasteiger partial charge on any atom is 0.268 e. The van der Waals surface area contributed by atoms with Crippen LogP contribution in [0.3, 0.4) is 0 Å². The van der Waals surface area contributed by atoms with E-state index in [4.69, 9.17) is 0 Å². The minimum absolute atomic E-state index is 0.188. The number of amides is 2. The summed E-state index contributed by atoms with van der Waals surface area (Å²) in [6.45, 7) is 7.69. The number of likely N-dealkylation sites (N-methyl/N-ethyl adjacent to an activating group) is 1. The van der Waals surface area contributed by atoms with E-state index in [2.05, 4.69) is 5.32 Å². The number of hydroxylamine groups is 2. The van der Waals surface area contributed by atoms with Crippen LogP contribution >= 0.6 is 0 Å². The van der Waals surface area contributed by atoms with Gasteiger partial charge in [0.15, 0.2) is 0 Å². The van der Waals surface area contributed by atoms with E-state index >= 15 is 0 Å². The molecule has 0 aliphatic carbocycles. The van der Waals surface area contributed by atoms with Gasteiger partial charge in [0.05, 0.1) is 0 Å². The lowest BCUT2D eigenvalue weighted by atomic mass is 10.0. The van der Waals surface area contributed by atoms with Gasteiger partial charge in [0.1, 0.15) is 6.04 Å². The SMILES string of the molecule is CCN(O)C(=O)C(CC(C)C)NC(=O)c1cccc(C)c1. The van der Waals surface area contributed by atoms with Crippen molar-refractivity contribution in [3.63, 3.8) is 0 Å². The van der Waals surface area contributed by atoms with Gasteiger partial charge in [-0.3, -0.25) is 14.8 Å². The Morgan fingerprint density at radius 3 is 2.52 bits per heavy atom. The summed E-state index contributed by atoms with van der Waals surface area (Å²) in [4.78, 5) is 24.3. The Labute approximate surface area is 125 Å². The van der Waals surface area contributed by atoms with Crippen LogP contribution < -0.4 is 5.32 Å². The number of nitrogens with zero attached hydrogens (tertiary/aromatic N) is 1. The standard InChI is InChI=1S/C16H24N2O3/c1-5-18(21)16(20)14(9-11(2)3)17-15(19)13-8-6-7-12(4)10-13/h6-8,10-11,14,21H,5,9H2,1-4H3,(H,17,19). The molecule has 2 amide bonds. The molecule has 0 fully saturated rings. The predicted molar refractivity (Wildman–Crippen MR) is 81.1 cm³/mol.